The zero-order valence-electron chi connectivity index (χ0n) is 19.7. The topological polar surface area (TPSA) is 152 Å². The quantitative estimate of drug-likeness (QED) is 0.198. The molecular formula is C26H21N3O7S. The molecule has 37 heavy (non-hydrogen) atoms. The minimum Gasteiger partial charge on any atom is -0.465 e. The number of amides is 2. The Bertz CT molecular complexity index is 1520. The van der Waals surface area contributed by atoms with E-state index in [9.17, 15) is 28.1 Å². The number of nitriles is 1. The molecule has 0 aromatic heterocycles. The number of anilines is 2. The standard InChI is InChI=1S/C26H21N3O7S/c1-17(30)28-20-11-13-21(14-12-20)37(33,34)36-24-10-6-3-7-18(24)15-19(16-27)25(31)29-23-9-5-4-8-22(23)26(32)35-2/h3-15H,1-2H3,(H,28,30)(H,29,31)/b19-15+. The number of hydrogen-bond acceptors (Lipinski definition) is 8. The van der Waals surface area contributed by atoms with Gasteiger partial charge < -0.3 is 19.6 Å². The van der Waals surface area contributed by atoms with Gasteiger partial charge in [-0.25, -0.2) is 4.79 Å². The average Bonchev–Trinajstić information content (AvgIpc) is 2.87. The van der Waals surface area contributed by atoms with Gasteiger partial charge in [0.1, 0.15) is 22.3 Å². The van der Waals surface area contributed by atoms with Crippen LogP contribution in [0, 0.1) is 11.3 Å². The van der Waals surface area contributed by atoms with Crippen molar-refractivity contribution in [2.24, 2.45) is 0 Å². The van der Waals surface area contributed by atoms with E-state index in [4.69, 9.17) is 8.92 Å². The normalized spacial score (nSPS) is 11.1. The Kier molecular flexibility index (Phi) is 8.39. The lowest BCUT2D eigenvalue weighted by atomic mass is 10.1. The Morgan fingerprint density at radius 3 is 2.22 bits per heavy atom. The first-order chi connectivity index (χ1) is 17.6. The summed E-state index contributed by atoms with van der Waals surface area (Å²) >= 11 is 0. The van der Waals surface area contributed by atoms with E-state index in [1.165, 1.54) is 74.7 Å². The maximum Gasteiger partial charge on any atom is 0.339 e. The second-order valence-electron chi connectivity index (χ2n) is 7.44. The van der Waals surface area contributed by atoms with Gasteiger partial charge >= 0.3 is 16.1 Å². The van der Waals surface area contributed by atoms with E-state index >= 15 is 0 Å². The van der Waals surface area contributed by atoms with Crippen LogP contribution in [0.3, 0.4) is 0 Å². The predicted octanol–water partition coefficient (Wildman–Crippen LogP) is 3.74. The molecule has 2 N–H and O–H groups in total. The van der Waals surface area contributed by atoms with Crippen LogP contribution < -0.4 is 14.8 Å². The number of hydrogen-bond donors (Lipinski definition) is 2. The first-order valence-electron chi connectivity index (χ1n) is 10.7. The summed E-state index contributed by atoms with van der Waals surface area (Å²) in [5, 5.41) is 14.6. The average molecular weight is 520 g/mol. The van der Waals surface area contributed by atoms with Crippen LogP contribution in [0.25, 0.3) is 6.08 Å². The van der Waals surface area contributed by atoms with Crippen molar-refractivity contribution in [2.75, 3.05) is 17.7 Å². The fraction of sp³-hybridized carbons (Fsp3) is 0.0769. The van der Waals surface area contributed by atoms with Crippen molar-refractivity contribution in [3.8, 4) is 11.8 Å². The molecule has 10 nitrogen and oxygen atoms in total. The smallest absolute Gasteiger partial charge is 0.339 e. The zero-order chi connectivity index (χ0) is 27.0. The van der Waals surface area contributed by atoms with Crippen molar-refractivity contribution < 1.29 is 31.7 Å². The zero-order valence-corrected chi connectivity index (χ0v) is 20.5. The number of rotatable bonds is 8. The lowest BCUT2D eigenvalue weighted by Crippen LogP contribution is -2.16. The van der Waals surface area contributed by atoms with Gasteiger partial charge in [-0.05, 0) is 48.5 Å². The van der Waals surface area contributed by atoms with Crippen LogP contribution in [0.5, 0.6) is 5.75 Å². The molecule has 3 aromatic rings. The third kappa shape index (κ3) is 6.81. The van der Waals surface area contributed by atoms with Gasteiger partial charge in [-0.1, -0.05) is 30.3 Å². The Balaban J connectivity index is 1.87. The summed E-state index contributed by atoms with van der Waals surface area (Å²) in [6, 6.07) is 19.2. The number of para-hydroxylation sites is 2. The van der Waals surface area contributed by atoms with Gasteiger partial charge in [0.05, 0.1) is 18.4 Å². The Hall–Kier alpha value is -4.95. The van der Waals surface area contributed by atoms with E-state index in [2.05, 4.69) is 10.6 Å². The summed E-state index contributed by atoms with van der Waals surface area (Å²) in [5.41, 5.74) is 0.417. The summed E-state index contributed by atoms with van der Waals surface area (Å²) in [7, 11) is -3.09. The number of carbonyl (C=O) groups is 3. The molecule has 188 valence electrons. The molecule has 0 bridgehead atoms. The van der Waals surface area contributed by atoms with E-state index < -0.39 is 22.0 Å². The highest BCUT2D eigenvalue weighted by Gasteiger charge is 2.20. The second-order valence-corrected chi connectivity index (χ2v) is 8.99. The molecule has 0 saturated carbocycles. The predicted molar refractivity (Wildman–Crippen MR) is 135 cm³/mol. The molecule has 3 aromatic carbocycles. The molecule has 0 atom stereocenters. The highest BCUT2D eigenvalue weighted by atomic mass is 32.2. The Morgan fingerprint density at radius 2 is 1.57 bits per heavy atom. The largest absolute Gasteiger partial charge is 0.465 e. The molecule has 3 rings (SSSR count). The molecule has 0 aliphatic carbocycles. The van der Waals surface area contributed by atoms with E-state index in [-0.39, 0.29) is 38.9 Å². The first-order valence-corrected chi connectivity index (χ1v) is 12.1. The number of benzene rings is 3. The van der Waals surface area contributed by atoms with E-state index in [1.54, 1.807) is 24.3 Å². The second kappa shape index (κ2) is 11.7. The minimum atomic E-state index is -4.29. The summed E-state index contributed by atoms with van der Waals surface area (Å²) in [6.07, 6.45) is 1.17. The van der Waals surface area contributed by atoms with Gasteiger partial charge in [0.25, 0.3) is 5.91 Å². The summed E-state index contributed by atoms with van der Waals surface area (Å²) < 4.78 is 35.6. The van der Waals surface area contributed by atoms with Crippen molar-refractivity contribution in [2.45, 2.75) is 11.8 Å². The van der Waals surface area contributed by atoms with E-state index in [0.717, 1.165) is 0 Å². The number of nitrogens with zero attached hydrogens (tertiary/aromatic N) is 1. The molecular weight excluding hydrogens is 498 g/mol. The highest BCUT2D eigenvalue weighted by molar-refractivity contribution is 7.87. The van der Waals surface area contributed by atoms with Gasteiger partial charge in [0.15, 0.2) is 0 Å². The van der Waals surface area contributed by atoms with E-state index in [1.807, 2.05) is 0 Å². The Morgan fingerprint density at radius 1 is 0.919 bits per heavy atom. The molecule has 0 aliphatic rings. The van der Waals surface area contributed by atoms with Crippen LogP contribution in [0.15, 0.2) is 83.3 Å². The molecule has 0 unspecified atom stereocenters. The molecule has 0 fully saturated rings. The summed E-state index contributed by atoms with van der Waals surface area (Å²) in [5.74, 6) is -1.93. The number of esters is 1. The molecule has 0 radical (unpaired) electrons. The van der Waals surface area contributed by atoms with E-state index in [0.29, 0.717) is 5.69 Å². The van der Waals surface area contributed by atoms with Crippen LogP contribution >= 0.6 is 0 Å². The monoisotopic (exact) mass is 519 g/mol. The minimum absolute atomic E-state index is 0.0926. The number of nitrogens with one attached hydrogen (secondary N) is 2. The first kappa shape index (κ1) is 26.7. The Labute approximate surface area is 213 Å². The molecule has 0 saturated heterocycles. The van der Waals surface area contributed by atoms with Crippen molar-refractivity contribution >= 4 is 45.4 Å². The fourth-order valence-electron chi connectivity index (χ4n) is 3.12. The van der Waals surface area contributed by atoms with Crippen molar-refractivity contribution in [3.05, 3.63) is 89.5 Å². The third-order valence-electron chi connectivity index (χ3n) is 4.83. The van der Waals surface area contributed by atoms with Gasteiger partial charge in [-0.15, -0.1) is 0 Å². The van der Waals surface area contributed by atoms with Crippen molar-refractivity contribution in [1.82, 2.24) is 0 Å². The number of carbonyl (C=O) groups excluding carboxylic acids is 3. The molecule has 11 heteroatoms. The summed E-state index contributed by atoms with van der Waals surface area (Å²) in [4.78, 5) is 35.8. The lowest BCUT2D eigenvalue weighted by molar-refractivity contribution is -0.114. The molecule has 0 aliphatic heterocycles. The van der Waals surface area contributed by atoms with Crippen LogP contribution in [-0.2, 0) is 24.4 Å². The summed E-state index contributed by atoms with van der Waals surface area (Å²) in [6.45, 7) is 1.33. The van der Waals surface area contributed by atoms with Gasteiger partial charge in [-0.2, -0.15) is 13.7 Å². The molecule has 2 amide bonds. The fourth-order valence-corrected chi connectivity index (χ4v) is 4.08. The van der Waals surface area contributed by atoms with Crippen LogP contribution in [-0.4, -0.2) is 33.3 Å². The third-order valence-corrected chi connectivity index (χ3v) is 6.08. The maximum absolute atomic E-state index is 12.8. The molecule has 0 heterocycles. The SMILES string of the molecule is COC(=O)c1ccccc1NC(=O)/C(C#N)=C/c1ccccc1OS(=O)(=O)c1ccc(NC(C)=O)cc1. The van der Waals surface area contributed by atoms with Gasteiger partial charge in [-0.3, -0.25) is 9.59 Å². The van der Waals surface area contributed by atoms with Crippen LogP contribution in [0.2, 0.25) is 0 Å². The maximum atomic E-state index is 12.8. The van der Waals surface area contributed by atoms with Crippen molar-refractivity contribution in [1.29, 1.82) is 5.26 Å². The lowest BCUT2D eigenvalue weighted by Gasteiger charge is -2.11. The van der Waals surface area contributed by atoms with Crippen LogP contribution in [0.4, 0.5) is 11.4 Å². The number of methoxy groups -OCH3 is 1. The van der Waals surface area contributed by atoms with Gasteiger partial charge in [0.2, 0.25) is 5.91 Å². The highest BCUT2D eigenvalue weighted by Crippen LogP contribution is 2.26. The number of ether oxygens (including phenoxy) is 1. The van der Waals surface area contributed by atoms with Crippen LogP contribution in [0.1, 0.15) is 22.8 Å². The molecule has 0 spiro atoms. The van der Waals surface area contributed by atoms with Crippen molar-refractivity contribution in [3.63, 3.8) is 0 Å². The van der Waals surface area contributed by atoms with Gasteiger partial charge in [0, 0.05) is 18.2 Å².